The van der Waals surface area contributed by atoms with Crippen molar-refractivity contribution in [3.63, 3.8) is 0 Å². The number of hydrogen-bond donors (Lipinski definition) is 1. The van der Waals surface area contributed by atoms with Crippen LogP contribution >= 0.6 is 11.3 Å². The number of nitrogens with zero attached hydrogens (tertiary/aromatic N) is 1. The second-order valence-electron chi connectivity index (χ2n) is 4.99. The Hall–Kier alpha value is -0.470. The molecule has 114 valence electrons. The molecule has 1 aromatic heterocycles. The van der Waals surface area contributed by atoms with Crippen LogP contribution in [0.15, 0.2) is 15.7 Å². The molecule has 0 saturated carbocycles. The first-order chi connectivity index (χ1) is 9.55. The average Bonchev–Trinajstić information content (AvgIpc) is 3.09. The summed E-state index contributed by atoms with van der Waals surface area (Å²) in [5.41, 5.74) is 1.03. The molecule has 0 aromatic carbocycles. The number of hydrogen-bond acceptors (Lipinski definition) is 5. The lowest BCUT2D eigenvalue weighted by Crippen LogP contribution is -2.36. The predicted octanol–water partition coefficient (Wildman–Crippen LogP) is 1.66. The highest BCUT2D eigenvalue weighted by Gasteiger charge is 2.31. The Kier molecular flexibility index (Phi) is 5.57. The maximum absolute atomic E-state index is 12.5. The van der Waals surface area contributed by atoms with Gasteiger partial charge in [-0.2, -0.15) is 4.31 Å². The molecule has 7 heteroatoms. The Morgan fingerprint density at radius 1 is 1.55 bits per heavy atom. The molecule has 2 rings (SSSR count). The quantitative estimate of drug-likeness (QED) is 0.777. The van der Waals surface area contributed by atoms with Crippen molar-refractivity contribution in [1.29, 1.82) is 0 Å². The van der Waals surface area contributed by atoms with E-state index in [4.69, 9.17) is 4.74 Å². The van der Waals surface area contributed by atoms with E-state index in [1.165, 1.54) is 15.6 Å². The lowest BCUT2D eigenvalue weighted by Gasteiger charge is -2.21. The monoisotopic (exact) mass is 318 g/mol. The molecule has 1 saturated heterocycles. The molecule has 1 atom stereocenters. The first-order valence-electron chi connectivity index (χ1n) is 6.89. The van der Waals surface area contributed by atoms with E-state index in [9.17, 15) is 8.42 Å². The normalized spacial score (nSPS) is 19.9. The van der Waals surface area contributed by atoms with Crippen LogP contribution in [-0.2, 0) is 21.3 Å². The van der Waals surface area contributed by atoms with Crippen LogP contribution in [0.2, 0.25) is 0 Å². The number of sulfonamides is 1. The van der Waals surface area contributed by atoms with E-state index >= 15 is 0 Å². The lowest BCUT2D eigenvalue weighted by atomic mass is 10.3. The largest absolute Gasteiger partial charge is 0.380 e. The molecule has 20 heavy (non-hydrogen) atoms. The second-order valence-corrected chi connectivity index (χ2v) is 8.13. The van der Waals surface area contributed by atoms with Gasteiger partial charge in [-0.25, -0.2) is 8.42 Å². The number of thiophene rings is 1. The highest BCUT2D eigenvalue weighted by Crippen LogP contribution is 2.26. The molecule has 0 spiro atoms. The summed E-state index contributed by atoms with van der Waals surface area (Å²) in [6.45, 7) is 4.90. The summed E-state index contributed by atoms with van der Waals surface area (Å²) in [5.74, 6) is 0. The van der Waals surface area contributed by atoms with Crippen LogP contribution in [-0.4, -0.2) is 45.6 Å². The van der Waals surface area contributed by atoms with Gasteiger partial charge in [-0.1, -0.05) is 6.92 Å². The fraction of sp³-hybridized carbons (Fsp3) is 0.692. The van der Waals surface area contributed by atoms with Crippen molar-refractivity contribution < 1.29 is 13.2 Å². The minimum Gasteiger partial charge on any atom is -0.380 e. The highest BCUT2D eigenvalue weighted by atomic mass is 32.2. The van der Waals surface area contributed by atoms with E-state index in [0.29, 0.717) is 17.4 Å². The van der Waals surface area contributed by atoms with E-state index in [0.717, 1.165) is 31.5 Å². The summed E-state index contributed by atoms with van der Waals surface area (Å²) >= 11 is 1.29. The summed E-state index contributed by atoms with van der Waals surface area (Å²) in [6, 6.07) is 1.73. The van der Waals surface area contributed by atoms with Gasteiger partial charge in [-0.3, -0.25) is 0 Å². The number of ether oxygens (including phenoxy) is 1. The van der Waals surface area contributed by atoms with Crippen molar-refractivity contribution in [2.45, 2.75) is 36.6 Å². The molecular formula is C13H22N2O3S2. The van der Waals surface area contributed by atoms with E-state index in [2.05, 4.69) is 12.2 Å². The number of rotatable bonds is 7. The molecule has 1 unspecified atom stereocenters. The third kappa shape index (κ3) is 3.59. The summed E-state index contributed by atoms with van der Waals surface area (Å²) in [5, 5.41) is 5.19. The topological polar surface area (TPSA) is 58.6 Å². The smallest absolute Gasteiger partial charge is 0.252 e. The van der Waals surface area contributed by atoms with Crippen LogP contribution in [0.3, 0.4) is 0 Å². The first kappa shape index (κ1) is 15.9. The predicted molar refractivity (Wildman–Crippen MR) is 80.5 cm³/mol. The van der Waals surface area contributed by atoms with Crippen LogP contribution in [0.4, 0.5) is 0 Å². The maximum Gasteiger partial charge on any atom is 0.252 e. The lowest BCUT2D eigenvalue weighted by molar-refractivity contribution is 0.181. The molecular weight excluding hydrogens is 296 g/mol. The van der Waals surface area contributed by atoms with Crippen LogP contribution in [0.25, 0.3) is 0 Å². The van der Waals surface area contributed by atoms with Gasteiger partial charge < -0.3 is 10.1 Å². The van der Waals surface area contributed by atoms with Crippen molar-refractivity contribution in [2.75, 3.05) is 26.8 Å². The minimum atomic E-state index is -3.39. The zero-order valence-electron chi connectivity index (χ0n) is 12.0. The van der Waals surface area contributed by atoms with E-state index in [1.54, 1.807) is 13.1 Å². The van der Waals surface area contributed by atoms with Crippen LogP contribution in [0.1, 0.15) is 25.3 Å². The van der Waals surface area contributed by atoms with Gasteiger partial charge in [0.15, 0.2) is 0 Å². The summed E-state index contributed by atoms with van der Waals surface area (Å²) in [4.78, 5) is 0. The zero-order valence-corrected chi connectivity index (χ0v) is 13.6. The van der Waals surface area contributed by atoms with Crippen molar-refractivity contribution in [3.05, 3.63) is 17.0 Å². The Morgan fingerprint density at radius 2 is 2.35 bits per heavy atom. The summed E-state index contributed by atoms with van der Waals surface area (Å²) in [7, 11) is -1.75. The molecule has 1 fully saturated rings. The summed E-state index contributed by atoms with van der Waals surface area (Å²) < 4.78 is 32.2. The molecule has 0 amide bonds. The van der Waals surface area contributed by atoms with Gasteiger partial charge in [-0.05, 0) is 36.4 Å². The van der Waals surface area contributed by atoms with Gasteiger partial charge in [0, 0.05) is 20.2 Å². The average molecular weight is 318 g/mol. The van der Waals surface area contributed by atoms with E-state index in [1.807, 2.05) is 5.38 Å². The van der Waals surface area contributed by atoms with E-state index in [-0.39, 0.29) is 6.04 Å². The Bertz CT molecular complexity index is 521. The third-order valence-electron chi connectivity index (χ3n) is 3.44. The van der Waals surface area contributed by atoms with Crippen LogP contribution < -0.4 is 5.32 Å². The summed E-state index contributed by atoms with van der Waals surface area (Å²) in [6.07, 6.45) is 1.84. The highest BCUT2D eigenvalue weighted by molar-refractivity contribution is 7.91. The van der Waals surface area contributed by atoms with Crippen LogP contribution in [0, 0.1) is 0 Å². The number of nitrogens with one attached hydrogen (secondary N) is 1. The Balaban J connectivity index is 2.05. The molecule has 1 aromatic rings. The van der Waals surface area contributed by atoms with Gasteiger partial charge >= 0.3 is 0 Å². The molecule has 2 heterocycles. The zero-order chi connectivity index (χ0) is 14.6. The molecule has 0 bridgehead atoms. The van der Waals surface area contributed by atoms with Crippen molar-refractivity contribution in [2.24, 2.45) is 0 Å². The maximum atomic E-state index is 12.5. The standard InChI is InChI=1S/C13H22N2O3S2/c1-3-5-14-8-11-7-13(19-10-11)20(16,17)15(2)12-4-6-18-9-12/h7,10,12,14H,3-6,8-9H2,1-2H3. The molecule has 1 aliphatic heterocycles. The van der Waals surface area contributed by atoms with Gasteiger partial charge in [0.1, 0.15) is 4.21 Å². The molecule has 1 aliphatic rings. The second kappa shape index (κ2) is 7.00. The minimum absolute atomic E-state index is 0.0382. The fourth-order valence-corrected chi connectivity index (χ4v) is 4.90. The van der Waals surface area contributed by atoms with Gasteiger partial charge in [0.2, 0.25) is 0 Å². The van der Waals surface area contributed by atoms with Crippen molar-refractivity contribution in [1.82, 2.24) is 9.62 Å². The van der Waals surface area contributed by atoms with Crippen molar-refractivity contribution >= 4 is 21.4 Å². The Morgan fingerprint density at radius 3 is 3.00 bits per heavy atom. The van der Waals surface area contributed by atoms with Gasteiger partial charge in [0.25, 0.3) is 10.0 Å². The van der Waals surface area contributed by atoms with Crippen LogP contribution in [0.5, 0.6) is 0 Å². The van der Waals surface area contributed by atoms with Gasteiger partial charge in [-0.15, -0.1) is 11.3 Å². The third-order valence-corrected chi connectivity index (χ3v) is 6.81. The van der Waals surface area contributed by atoms with Gasteiger partial charge in [0.05, 0.1) is 12.6 Å². The SMILES string of the molecule is CCCNCc1csc(S(=O)(=O)N(C)C2CCOC2)c1. The molecule has 0 aliphatic carbocycles. The van der Waals surface area contributed by atoms with E-state index < -0.39 is 10.0 Å². The Labute approximate surface area is 125 Å². The molecule has 5 nitrogen and oxygen atoms in total. The fourth-order valence-electron chi connectivity index (χ4n) is 2.14. The van der Waals surface area contributed by atoms with Crippen molar-refractivity contribution in [3.8, 4) is 0 Å². The number of likely N-dealkylation sites (N-methyl/N-ethyl adjacent to an activating group) is 1. The molecule has 1 N–H and O–H groups in total. The first-order valence-corrected chi connectivity index (χ1v) is 9.21. The molecule has 0 radical (unpaired) electrons.